The van der Waals surface area contributed by atoms with Crippen molar-refractivity contribution in [2.75, 3.05) is 12.8 Å². The summed E-state index contributed by atoms with van der Waals surface area (Å²) in [5.41, 5.74) is 2.61. The van der Waals surface area contributed by atoms with E-state index in [0.29, 0.717) is 4.75 Å². The van der Waals surface area contributed by atoms with Gasteiger partial charge in [-0.15, -0.1) is 0 Å². The summed E-state index contributed by atoms with van der Waals surface area (Å²) in [7, 11) is 0. The summed E-state index contributed by atoms with van der Waals surface area (Å²) in [5, 5.41) is 6.45. The molecule has 19 heavy (non-hydrogen) atoms. The quantitative estimate of drug-likeness (QED) is 0.880. The van der Waals surface area contributed by atoms with Crippen molar-refractivity contribution in [2.24, 2.45) is 0 Å². The zero-order chi connectivity index (χ0) is 13.3. The molecule has 0 aromatic heterocycles. The average Bonchev–Trinajstić information content (AvgIpc) is 3.25. The van der Waals surface area contributed by atoms with E-state index in [4.69, 9.17) is 0 Å². The molecule has 1 heterocycles. The van der Waals surface area contributed by atoms with Crippen LogP contribution in [0.2, 0.25) is 0 Å². The van der Waals surface area contributed by atoms with Crippen LogP contribution >= 0.6 is 11.8 Å². The Balaban J connectivity index is 1.57. The van der Waals surface area contributed by atoms with Crippen LogP contribution in [-0.2, 0) is 17.8 Å². The standard InChI is InChI=1S/C15H20N2OS/c1-19-15(6-7-15)10-17-14(18)13-8-11-4-2-3-5-12(11)9-16-13/h2-5,13,16H,6-10H2,1H3,(H,17,18)/t13-/m1/s1. The summed E-state index contributed by atoms with van der Waals surface area (Å²) in [6, 6.07) is 8.28. The number of rotatable bonds is 4. The second kappa shape index (κ2) is 5.17. The Morgan fingerprint density at radius 2 is 2.16 bits per heavy atom. The Morgan fingerprint density at radius 3 is 2.84 bits per heavy atom. The number of hydrogen-bond donors (Lipinski definition) is 2. The smallest absolute Gasteiger partial charge is 0.237 e. The maximum Gasteiger partial charge on any atom is 0.237 e. The summed E-state index contributed by atoms with van der Waals surface area (Å²) in [6.07, 6.45) is 5.40. The number of benzene rings is 1. The first kappa shape index (κ1) is 13.0. The Labute approximate surface area is 118 Å². The van der Waals surface area contributed by atoms with Crippen molar-refractivity contribution >= 4 is 17.7 Å². The fraction of sp³-hybridized carbons (Fsp3) is 0.533. The van der Waals surface area contributed by atoms with Crippen LogP contribution in [0.15, 0.2) is 24.3 Å². The number of amides is 1. The van der Waals surface area contributed by atoms with E-state index in [1.807, 2.05) is 17.8 Å². The highest BCUT2D eigenvalue weighted by molar-refractivity contribution is 8.00. The summed E-state index contributed by atoms with van der Waals surface area (Å²) >= 11 is 1.88. The molecule has 1 amide bonds. The third kappa shape index (κ3) is 2.79. The van der Waals surface area contributed by atoms with Gasteiger partial charge in [0.25, 0.3) is 0 Å². The van der Waals surface area contributed by atoms with Crippen molar-refractivity contribution in [1.29, 1.82) is 0 Å². The van der Waals surface area contributed by atoms with Gasteiger partial charge in [0.05, 0.1) is 6.04 Å². The van der Waals surface area contributed by atoms with Crippen LogP contribution in [-0.4, -0.2) is 29.5 Å². The number of hydrogen-bond acceptors (Lipinski definition) is 3. The van der Waals surface area contributed by atoms with Crippen LogP contribution in [0.1, 0.15) is 24.0 Å². The predicted octanol–water partition coefficient (Wildman–Crippen LogP) is 1.71. The van der Waals surface area contributed by atoms with Gasteiger partial charge in [-0.05, 0) is 36.6 Å². The topological polar surface area (TPSA) is 41.1 Å². The van der Waals surface area contributed by atoms with Gasteiger partial charge in [-0.2, -0.15) is 11.8 Å². The second-order valence-electron chi connectivity index (χ2n) is 5.51. The number of nitrogens with one attached hydrogen (secondary N) is 2. The molecule has 1 aliphatic heterocycles. The lowest BCUT2D eigenvalue weighted by atomic mass is 9.95. The molecule has 3 rings (SSSR count). The van der Waals surface area contributed by atoms with E-state index in [1.165, 1.54) is 24.0 Å². The number of carbonyl (C=O) groups excluding carboxylic acids is 1. The third-order valence-electron chi connectivity index (χ3n) is 4.22. The first-order valence-corrected chi connectivity index (χ1v) is 8.08. The molecule has 0 saturated heterocycles. The lowest BCUT2D eigenvalue weighted by Gasteiger charge is -2.26. The van der Waals surface area contributed by atoms with Gasteiger partial charge in [0.15, 0.2) is 0 Å². The fourth-order valence-corrected chi connectivity index (χ4v) is 3.33. The van der Waals surface area contributed by atoms with E-state index >= 15 is 0 Å². The first-order valence-electron chi connectivity index (χ1n) is 6.85. The van der Waals surface area contributed by atoms with E-state index < -0.39 is 0 Å². The van der Waals surface area contributed by atoms with Crippen molar-refractivity contribution in [1.82, 2.24) is 10.6 Å². The summed E-state index contributed by atoms with van der Waals surface area (Å²) in [4.78, 5) is 12.2. The Bertz CT molecular complexity index is 485. The van der Waals surface area contributed by atoms with Crippen LogP contribution < -0.4 is 10.6 Å². The molecule has 2 aliphatic rings. The highest BCUT2D eigenvalue weighted by Crippen LogP contribution is 2.46. The molecule has 1 saturated carbocycles. The molecule has 102 valence electrons. The van der Waals surface area contributed by atoms with Crippen molar-refractivity contribution in [3.05, 3.63) is 35.4 Å². The molecule has 0 radical (unpaired) electrons. The largest absolute Gasteiger partial charge is 0.353 e. The van der Waals surface area contributed by atoms with Gasteiger partial charge >= 0.3 is 0 Å². The number of fused-ring (bicyclic) bond motifs is 1. The molecule has 1 aromatic carbocycles. The van der Waals surface area contributed by atoms with Gasteiger partial charge in [0.2, 0.25) is 5.91 Å². The fourth-order valence-electron chi connectivity index (χ4n) is 2.60. The summed E-state index contributed by atoms with van der Waals surface area (Å²) in [5.74, 6) is 0.148. The SMILES string of the molecule is CSC1(CNC(=O)[C@H]2Cc3ccccc3CN2)CC1. The van der Waals surface area contributed by atoms with Gasteiger partial charge in [0, 0.05) is 17.8 Å². The molecule has 1 atom stereocenters. The first-order chi connectivity index (χ1) is 9.22. The van der Waals surface area contributed by atoms with E-state index in [0.717, 1.165) is 19.5 Å². The van der Waals surface area contributed by atoms with Crippen LogP contribution in [0, 0.1) is 0 Å². The summed E-state index contributed by atoms with van der Waals surface area (Å²) in [6.45, 7) is 1.61. The average molecular weight is 276 g/mol. The molecular formula is C15H20N2OS. The lowest BCUT2D eigenvalue weighted by molar-refractivity contribution is -0.123. The molecule has 0 unspecified atom stereocenters. The number of carbonyl (C=O) groups is 1. The third-order valence-corrected chi connectivity index (χ3v) is 5.64. The minimum absolute atomic E-state index is 0.0763. The monoisotopic (exact) mass is 276 g/mol. The maximum absolute atomic E-state index is 12.2. The van der Waals surface area contributed by atoms with Crippen LogP contribution in [0.3, 0.4) is 0 Å². The number of thioether (sulfide) groups is 1. The Morgan fingerprint density at radius 1 is 1.42 bits per heavy atom. The second-order valence-corrected chi connectivity index (χ2v) is 6.79. The highest BCUT2D eigenvalue weighted by Gasteiger charge is 2.42. The van der Waals surface area contributed by atoms with Crippen molar-refractivity contribution in [2.45, 2.75) is 36.6 Å². The maximum atomic E-state index is 12.2. The molecule has 1 aliphatic carbocycles. The molecule has 2 N–H and O–H groups in total. The summed E-state index contributed by atoms with van der Waals surface area (Å²) < 4.78 is 0.336. The van der Waals surface area contributed by atoms with Gasteiger partial charge < -0.3 is 10.6 Å². The molecule has 0 bridgehead atoms. The van der Waals surface area contributed by atoms with Crippen molar-refractivity contribution in [3.8, 4) is 0 Å². The van der Waals surface area contributed by atoms with E-state index in [1.54, 1.807) is 0 Å². The van der Waals surface area contributed by atoms with Crippen LogP contribution in [0.25, 0.3) is 0 Å². The Kier molecular flexibility index (Phi) is 3.54. The molecule has 1 fully saturated rings. The minimum atomic E-state index is -0.0763. The minimum Gasteiger partial charge on any atom is -0.353 e. The zero-order valence-corrected chi connectivity index (χ0v) is 12.1. The van der Waals surface area contributed by atoms with Gasteiger partial charge in [-0.1, -0.05) is 24.3 Å². The normalized spacial score (nSPS) is 23.5. The van der Waals surface area contributed by atoms with Crippen molar-refractivity contribution < 1.29 is 4.79 Å². The Hall–Kier alpha value is -1.00. The molecule has 1 aromatic rings. The molecule has 3 nitrogen and oxygen atoms in total. The van der Waals surface area contributed by atoms with E-state index in [2.05, 4.69) is 35.1 Å². The predicted molar refractivity (Wildman–Crippen MR) is 79.3 cm³/mol. The van der Waals surface area contributed by atoms with Gasteiger partial charge in [0.1, 0.15) is 0 Å². The van der Waals surface area contributed by atoms with Gasteiger partial charge in [-0.25, -0.2) is 0 Å². The zero-order valence-electron chi connectivity index (χ0n) is 11.2. The molecular weight excluding hydrogens is 256 g/mol. The molecule has 0 spiro atoms. The lowest BCUT2D eigenvalue weighted by Crippen LogP contribution is -2.49. The highest BCUT2D eigenvalue weighted by atomic mass is 32.2. The van der Waals surface area contributed by atoms with Crippen LogP contribution in [0.5, 0.6) is 0 Å². The van der Waals surface area contributed by atoms with E-state index in [-0.39, 0.29) is 11.9 Å². The van der Waals surface area contributed by atoms with Crippen molar-refractivity contribution in [3.63, 3.8) is 0 Å². The van der Waals surface area contributed by atoms with E-state index in [9.17, 15) is 4.79 Å². The van der Waals surface area contributed by atoms with Gasteiger partial charge in [-0.3, -0.25) is 4.79 Å². The molecule has 4 heteroatoms. The van der Waals surface area contributed by atoms with Crippen LogP contribution in [0.4, 0.5) is 0 Å².